The number of hydrogen-bond donors (Lipinski definition) is 1. The molecule has 0 radical (unpaired) electrons. The van der Waals surface area contributed by atoms with Crippen molar-refractivity contribution in [2.45, 2.75) is 32.5 Å². The van der Waals surface area contributed by atoms with Gasteiger partial charge >= 0.3 is 6.18 Å². The van der Waals surface area contributed by atoms with E-state index < -0.39 is 18.8 Å². The predicted octanol–water partition coefficient (Wildman–Crippen LogP) is 4.04. The number of alkyl halides is 3. The molecule has 1 aromatic carbocycles. The predicted molar refractivity (Wildman–Crippen MR) is 78.6 cm³/mol. The quantitative estimate of drug-likeness (QED) is 0.769. The van der Waals surface area contributed by atoms with Gasteiger partial charge in [0.2, 0.25) is 0 Å². The fraction of sp³-hybridized carbons (Fsp3) is 0.571. The van der Waals surface area contributed by atoms with Gasteiger partial charge < -0.3 is 15.2 Å². The van der Waals surface area contributed by atoms with E-state index in [0.29, 0.717) is 5.75 Å². The summed E-state index contributed by atoms with van der Waals surface area (Å²) < 4.78 is 46.9. The first-order valence-electron chi connectivity index (χ1n) is 6.41. The van der Waals surface area contributed by atoms with Crippen LogP contribution in [0.5, 0.6) is 5.75 Å². The molecular formula is C14H19BrF3NO2. The van der Waals surface area contributed by atoms with Crippen LogP contribution in [-0.4, -0.2) is 26.5 Å². The number of nitrogens with two attached hydrogens (primary N) is 1. The Morgan fingerprint density at radius 2 is 1.95 bits per heavy atom. The molecular weight excluding hydrogens is 351 g/mol. The molecule has 0 bridgehead atoms. The second-order valence-corrected chi connectivity index (χ2v) is 5.66. The van der Waals surface area contributed by atoms with Crippen LogP contribution in [0.2, 0.25) is 0 Å². The van der Waals surface area contributed by atoms with Gasteiger partial charge in [0.15, 0.2) is 0 Å². The molecule has 0 heterocycles. The normalized spacial score (nSPS) is 13.3. The molecule has 0 saturated carbocycles. The van der Waals surface area contributed by atoms with Crippen LogP contribution in [0.3, 0.4) is 0 Å². The number of rotatable bonds is 6. The van der Waals surface area contributed by atoms with Crippen molar-refractivity contribution in [2.24, 2.45) is 5.73 Å². The van der Waals surface area contributed by atoms with Gasteiger partial charge in [-0.25, -0.2) is 0 Å². The Morgan fingerprint density at radius 3 is 2.48 bits per heavy atom. The summed E-state index contributed by atoms with van der Waals surface area (Å²) in [6.45, 7) is 2.46. The summed E-state index contributed by atoms with van der Waals surface area (Å²) in [6, 6.07) is 1.47. The zero-order valence-corrected chi connectivity index (χ0v) is 13.8. The maximum absolute atomic E-state index is 12.0. The molecule has 120 valence electrons. The number of aryl methyl sites for hydroxylation is 1. The van der Waals surface area contributed by atoms with Crippen molar-refractivity contribution < 1.29 is 22.6 Å². The van der Waals surface area contributed by atoms with Crippen LogP contribution in [0, 0.1) is 13.8 Å². The molecule has 3 nitrogen and oxygen atoms in total. The third-order valence-corrected chi connectivity index (χ3v) is 3.95. The van der Waals surface area contributed by atoms with Crippen molar-refractivity contribution in [2.75, 3.05) is 20.3 Å². The molecule has 0 aliphatic carbocycles. The summed E-state index contributed by atoms with van der Waals surface area (Å²) in [7, 11) is 1.55. The molecule has 2 N–H and O–H groups in total. The topological polar surface area (TPSA) is 44.5 Å². The molecule has 1 rings (SSSR count). The van der Waals surface area contributed by atoms with E-state index in [1.807, 2.05) is 19.9 Å². The monoisotopic (exact) mass is 369 g/mol. The molecule has 0 aliphatic heterocycles. The fourth-order valence-corrected chi connectivity index (χ4v) is 2.69. The van der Waals surface area contributed by atoms with Crippen LogP contribution in [0.4, 0.5) is 13.2 Å². The molecule has 1 unspecified atom stereocenters. The Bertz CT molecular complexity index is 492. The fourth-order valence-electron chi connectivity index (χ4n) is 2.14. The highest BCUT2D eigenvalue weighted by Gasteiger charge is 2.27. The molecule has 1 aromatic rings. The lowest BCUT2D eigenvalue weighted by molar-refractivity contribution is -0.174. The lowest BCUT2D eigenvalue weighted by Crippen LogP contribution is -2.20. The minimum absolute atomic E-state index is 0.0607. The first kappa shape index (κ1) is 18.3. The third kappa shape index (κ3) is 5.16. The summed E-state index contributed by atoms with van der Waals surface area (Å²) in [5.74, 6) is 0.666. The minimum Gasteiger partial charge on any atom is -0.496 e. The van der Waals surface area contributed by atoms with E-state index in [1.54, 1.807) is 7.11 Å². The largest absolute Gasteiger partial charge is 0.496 e. The highest BCUT2D eigenvalue weighted by atomic mass is 79.9. The Kier molecular flexibility index (Phi) is 6.49. The number of benzene rings is 1. The van der Waals surface area contributed by atoms with Gasteiger partial charge in [0, 0.05) is 22.7 Å². The smallest absolute Gasteiger partial charge is 0.411 e. The third-order valence-electron chi connectivity index (χ3n) is 3.12. The number of halogens is 4. The van der Waals surface area contributed by atoms with Crippen LogP contribution in [0.25, 0.3) is 0 Å². The molecule has 0 amide bonds. The zero-order valence-electron chi connectivity index (χ0n) is 12.2. The van der Waals surface area contributed by atoms with E-state index in [2.05, 4.69) is 20.7 Å². The first-order chi connectivity index (χ1) is 9.67. The van der Waals surface area contributed by atoms with Gasteiger partial charge in [-0.05, 0) is 37.5 Å². The first-order valence-corrected chi connectivity index (χ1v) is 7.20. The second-order valence-electron chi connectivity index (χ2n) is 4.81. The van der Waals surface area contributed by atoms with Gasteiger partial charge in [-0.3, -0.25) is 0 Å². The Hall–Kier alpha value is -0.790. The summed E-state index contributed by atoms with van der Waals surface area (Å²) in [6.07, 6.45) is -4.03. The van der Waals surface area contributed by atoms with Crippen molar-refractivity contribution in [3.63, 3.8) is 0 Å². The molecule has 0 aromatic heterocycles. The summed E-state index contributed by atoms with van der Waals surface area (Å²) >= 11 is 3.45. The Morgan fingerprint density at radius 1 is 1.33 bits per heavy atom. The standard InChI is InChI=1S/C14H19BrF3NO2/c1-8-6-10(15)9(2)12(13(8)20-3)11(19)4-5-21-7-14(16,17)18/h6,11H,4-5,7,19H2,1-3H3. The Balaban J connectivity index is 2.80. The van der Waals surface area contributed by atoms with Crippen molar-refractivity contribution in [1.29, 1.82) is 0 Å². The summed E-state index contributed by atoms with van der Waals surface area (Å²) in [5, 5.41) is 0. The van der Waals surface area contributed by atoms with E-state index >= 15 is 0 Å². The van der Waals surface area contributed by atoms with Gasteiger partial charge in [0.25, 0.3) is 0 Å². The minimum atomic E-state index is -4.32. The zero-order chi connectivity index (χ0) is 16.2. The number of ether oxygens (including phenoxy) is 2. The van der Waals surface area contributed by atoms with E-state index in [-0.39, 0.29) is 13.0 Å². The van der Waals surface area contributed by atoms with Gasteiger partial charge in [0.1, 0.15) is 12.4 Å². The molecule has 0 spiro atoms. The number of hydrogen-bond acceptors (Lipinski definition) is 3. The second kappa shape index (κ2) is 7.47. The van der Waals surface area contributed by atoms with Crippen LogP contribution in [-0.2, 0) is 4.74 Å². The SMILES string of the molecule is COc1c(C)cc(Br)c(C)c1C(N)CCOCC(F)(F)F. The van der Waals surface area contributed by atoms with Crippen molar-refractivity contribution in [3.8, 4) is 5.75 Å². The average molecular weight is 370 g/mol. The van der Waals surface area contributed by atoms with Gasteiger partial charge in [-0.1, -0.05) is 15.9 Å². The molecule has 7 heteroatoms. The molecule has 0 aliphatic rings. The van der Waals surface area contributed by atoms with Crippen molar-refractivity contribution >= 4 is 15.9 Å². The van der Waals surface area contributed by atoms with E-state index in [1.165, 1.54) is 0 Å². The lowest BCUT2D eigenvalue weighted by Gasteiger charge is -2.21. The van der Waals surface area contributed by atoms with Crippen molar-refractivity contribution in [3.05, 3.63) is 27.2 Å². The van der Waals surface area contributed by atoms with Crippen LogP contribution in [0.1, 0.15) is 29.2 Å². The number of methoxy groups -OCH3 is 1. The molecule has 0 saturated heterocycles. The summed E-state index contributed by atoms with van der Waals surface area (Å²) in [5.41, 5.74) is 8.72. The van der Waals surface area contributed by atoms with E-state index in [4.69, 9.17) is 10.5 Å². The van der Waals surface area contributed by atoms with E-state index in [0.717, 1.165) is 21.2 Å². The average Bonchev–Trinajstić information content (AvgIpc) is 2.37. The van der Waals surface area contributed by atoms with Crippen molar-refractivity contribution in [1.82, 2.24) is 0 Å². The highest BCUT2D eigenvalue weighted by molar-refractivity contribution is 9.10. The van der Waals surface area contributed by atoms with E-state index in [9.17, 15) is 13.2 Å². The van der Waals surface area contributed by atoms with Crippen LogP contribution in [0.15, 0.2) is 10.5 Å². The van der Waals surface area contributed by atoms with Crippen LogP contribution >= 0.6 is 15.9 Å². The maximum Gasteiger partial charge on any atom is 0.411 e. The lowest BCUT2D eigenvalue weighted by atomic mass is 9.96. The van der Waals surface area contributed by atoms with Gasteiger partial charge in [-0.15, -0.1) is 0 Å². The highest BCUT2D eigenvalue weighted by Crippen LogP contribution is 2.36. The maximum atomic E-state index is 12.0. The van der Waals surface area contributed by atoms with Gasteiger partial charge in [0.05, 0.1) is 7.11 Å². The van der Waals surface area contributed by atoms with Crippen LogP contribution < -0.4 is 10.5 Å². The molecule has 0 fully saturated rings. The molecule has 1 atom stereocenters. The van der Waals surface area contributed by atoms with Gasteiger partial charge in [-0.2, -0.15) is 13.2 Å². The molecule has 21 heavy (non-hydrogen) atoms. The summed E-state index contributed by atoms with van der Waals surface area (Å²) in [4.78, 5) is 0. The Labute approximate surface area is 130 Å².